The Kier molecular flexibility index (Phi) is 15.8. The molecule has 0 spiro atoms. The van der Waals surface area contributed by atoms with Crippen LogP contribution in [0.25, 0.3) is 0 Å². The van der Waals surface area contributed by atoms with Crippen molar-refractivity contribution in [2.75, 3.05) is 0 Å². The van der Waals surface area contributed by atoms with Gasteiger partial charge in [0.15, 0.2) is 0 Å². The molecule has 0 bridgehead atoms. The maximum atomic E-state index is 9.96. The third-order valence-corrected chi connectivity index (χ3v) is 1.15. The smallest absolute Gasteiger partial charge is 0.317 e. The van der Waals surface area contributed by atoms with Crippen molar-refractivity contribution in [2.24, 2.45) is 11.5 Å². The largest absolute Gasteiger partial charge is 0.480 e. The Hall–Kier alpha value is 0.164. The van der Waals surface area contributed by atoms with Crippen LogP contribution in [-0.4, -0.2) is 28.9 Å². The van der Waals surface area contributed by atoms with Gasteiger partial charge in [-0.05, 0) is 6.92 Å². The molecule has 2 atom stereocenters. The summed E-state index contributed by atoms with van der Waals surface area (Å²) >= 11 is 0. The minimum Gasteiger partial charge on any atom is -0.480 e. The van der Waals surface area contributed by atoms with E-state index in [9.17, 15) is 9.59 Å². The molecule has 0 aromatic rings. The zero-order chi connectivity index (χ0) is 11.0. The van der Waals surface area contributed by atoms with E-state index in [0.717, 1.165) is 0 Å². The fourth-order valence-corrected chi connectivity index (χ4v) is 0.123. The third-order valence-electron chi connectivity index (χ3n) is 1.15. The number of hydrogen-bond donors (Lipinski definition) is 3. The first-order valence-electron chi connectivity index (χ1n) is 3.69. The van der Waals surface area contributed by atoms with Gasteiger partial charge in [-0.15, -0.1) is 0 Å². The van der Waals surface area contributed by atoms with Gasteiger partial charge in [-0.25, -0.2) is 0 Å². The fourth-order valence-electron chi connectivity index (χ4n) is 0.123. The van der Waals surface area contributed by atoms with E-state index in [0.29, 0.717) is 0 Å². The molecule has 5 N–H and O–H groups in total. The van der Waals surface area contributed by atoms with Crippen LogP contribution in [0.2, 0.25) is 0 Å². The summed E-state index contributed by atoms with van der Waals surface area (Å²) in [5.41, 5.74) is 9.93. The Labute approximate surface area is 109 Å². The van der Waals surface area contributed by atoms with E-state index in [-0.39, 0.29) is 44.9 Å². The summed E-state index contributed by atoms with van der Waals surface area (Å²) in [5.74, 6) is -1.06. The molecular formula is C8H16N2O3Y-2. The van der Waals surface area contributed by atoms with Crippen molar-refractivity contribution < 1.29 is 47.4 Å². The van der Waals surface area contributed by atoms with Crippen molar-refractivity contribution >= 4 is 11.8 Å². The van der Waals surface area contributed by atoms with E-state index in [1.165, 1.54) is 6.92 Å². The molecule has 0 rings (SSSR count). The molecule has 0 aromatic carbocycles. The summed E-state index contributed by atoms with van der Waals surface area (Å²) in [6.07, 6.45) is 0.245. The summed E-state index contributed by atoms with van der Waals surface area (Å²) in [6.45, 7) is 7.98. The predicted molar refractivity (Wildman–Crippen MR) is 49.6 cm³/mol. The first-order valence-corrected chi connectivity index (χ1v) is 3.69. The number of ketones is 1. The summed E-state index contributed by atoms with van der Waals surface area (Å²) in [4.78, 5) is 19.7. The maximum absolute atomic E-state index is 9.96. The number of aliphatic carboxylic acids is 1. The van der Waals surface area contributed by atoms with Crippen molar-refractivity contribution in [3.8, 4) is 0 Å². The van der Waals surface area contributed by atoms with Gasteiger partial charge < -0.3 is 35.2 Å². The Morgan fingerprint density at radius 3 is 1.71 bits per heavy atom. The standard InChI is InChI=1S/C4H8NO2.C4H8NO.Y/c1-2-3(5)4(6)7;1-3(5)4(2)6;/h3H,1-2,5H2,(H,6,7);3H,1,5H2,2H3;/q2*-1;. The predicted octanol–water partition coefficient (Wildman–Crippen LogP) is -0.643. The average molecular weight is 277 g/mol. The van der Waals surface area contributed by atoms with Gasteiger partial charge in [0.25, 0.3) is 0 Å². The number of rotatable bonds is 3. The number of carbonyl (C=O) groups excluding carboxylic acids is 1. The summed E-state index contributed by atoms with van der Waals surface area (Å²) in [7, 11) is 0. The van der Waals surface area contributed by atoms with Crippen LogP contribution in [0.4, 0.5) is 0 Å². The zero-order valence-corrected chi connectivity index (χ0v) is 11.1. The summed E-state index contributed by atoms with van der Waals surface area (Å²) < 4.78 is 0. The molecule has 81 valence electrons. The van der Waals surface area contributed by atoms with Gasteiger partial charge in [0, 0.05) is 32.7 Å². The second-order valence-electron chi connectivity index (χ2n) is 2.45. The van der Waals surface area contributed by atoms with Crippen LogP contribution in [0.1, 0.15) is 13.3 Å². The van der Waals surface area contributed by atoms with Crippen molar-refractivity contribution in [1.82, 2.24) is 0 Å². The number of carbonyl (C=O) groups is 2. The first kappa shape index (κ1) is 19.7. The molecule has 0 heterocycles. The topological polar surface area (TPSA) is 106 Å². The van der Waals surface area contributed by atoms with Gasteiger partial charge in [-0.1, -0.05) is 6.04 Å². The quantitative estimate of drug-likeness (QED) is 0.595. The molecule has 6 heteroatoms. The maximum Gasteiger partial charge on any atom is 0.317 e. The Morgan fingerprint density at radius 2 is 1.71 bits per heavy atom. The van der Waals surface area contributed by atoms with Crippen LogP contribution in [0.15, 0.2) is 0 Å². The molecule has 0 aliphatic carbocycles. The van der Waals surface area contributed by atoms with Gasteiger partial charge in [-0.3, -0.25) is 4.79 Å². The van der Waals surface area contributed by atoms with Gasteiger partial charge in [0.05, 0.1) is 6.04 Å². The van der Waals surface area contributed by atoms with Gasteiger partial charge >= 0.3 is 5.97 Å². The molecule has 0 aliphatic heterocycles. The second-order valence-corrected chi connectivity index (χ2v) is 2.45. The SMILES string of the molecule is [CH2-]C(N)C(C)=O.[CH2-]CC(N)C(=O)O.[Y]. The molecule has 0 saturated heterocycles. The number of carboxylic acid groups (broad SMARTS) is 1. The molecule has 0 saturated carbocycles. The van der Waals surface area contributed by atoms with E-state index in [4.69, 9.17) is 16.6 Å². The van der Waals surface area contributed by atoms with E-state index >= 15 is 0 Å². The van der Waals surface area contributed by atoms with Crippen LogP contribution in [0.5, 0.6) is 0 Å². The summed E-state index contributed by atoms with van der Waals surface area (Å²) in [6, 6.07) is -1.33. The minimum atomic E-state index is -0.991. The number of nitrogens with two attached hydrogens (primary N) is 2. The molecule has 0 aliphatic rings. The Bertz CT molecular complexity index is 174. The van der Waals surface area contributed by atoms with Crippen LogP contribution in [0.3, 0.4) is 0 Å². The van der Waals surface area contributed by atoms with Crippen LogP contribution in [0, 0.1) is 13.8 Å². The van der Waals surface area contributed by atoms with Crippen LogP contribution >= 0.6 is 0 Å². The van der Waals surface area contributed by atoms with E-state index < -0.39 is 18.1 Å². The van der Waals surface area contributed by atoms with Gasteiger partial charge in [0.2, 0.25) is 0 Å². The molecule has 0 fully saturated rings. The molecule has 0 amide bonds. The minimum absolute atomic E-state index is 0. The Balaban J connectivity index is -0.000000163. The number of hydrogen-bond acceptors (Lipinski definition) is 4. The Morgan fingerprint density at radius 1 is 1.43 bits per heavy atom. The first-order chi connectivity index (χ1) is 5.82. The fraction of sp³-hybridized carbons (Fsp3) is 0.500. The molecule has 2 unspecified atom stereocenters. The molecule has 0 aromatic heterocycles. The normalized spacial score (nSPS) is 12.6. The monoisotopic (exact) mass is 277 g/mol. The second kappa shape index (κ2) is 11.2. The van der Waals surface area contributed by atoms with Crippen LogP contribution < -0.4 is 11.5 Å². The molecule has 5 nitrogen and oxygen atoms in total. The third kappa shape index (κ3) is 14.7. The van der Waals surface area contributed by atoms with Gasteiger partial charge in [0.1, 0.15) is 5.78 Å². The molecule has 14 heavy (non-hydrogen) atoms. The number of carboxylic acids is 1. The van der Waals surface area contributed by atoms with Crippen LogP contribution in [-0.2, 0) is 42.3 Å². The van der Waals surface area contributed by atoms with E-state index in [1.807, 2.05) is 0 Å². The van der Waals surface area contributed by atoms with Crippen molar-refractivity contribution in [1.29, 1.82) is 0 Å². The van der Waals surface area contributed by atoms with E-state index in [1.54, 1.807) is 0 Å². The molecular weight excluding hydrogens is 261 g/mol. The van der Waals surface area contributed by atoms with Gasteiger partial charge in [-0.2, -0.15) is 6.42 Å². The van der Waals surface area contributed by atoms with E-state index in [2.05, 4.69) is 13.8 Å². The number of Topliss-reactive ketones (excluding diaryl/α,β-unsaturated/α-hetero) is 1. The van der Waals surface area contributed by atoms with Crippen molar-refractivity contribution in [3.63, 3.8) is 0 Å². The average Bonchev–Trinajstić information content (AvgIpc) is 2.03. The molecule has 1 radical (unpaired) electrons. The van der Waals surface area contributed by atoms with Crippen molar-refractivity contribution in [3.05, 3.63) is 13.8 Å². The van der Waals surface area contributed by atoms with Crippen molar-refractivity contribution in [2.45, 2.75) is 25.4 Å². The zero-order valence-electron chi connectivity index (χ0n) is 8.27. The summed E-state index contributed by atoms with van der Waals surface area (Å²) in [5, 5.41) is 8.02.